The van der Waals surface area contributed by atoms with Crippen LogP contribution in [0.3, 0.4) is 0 Å². The highest BCUT2D eigenvalue weighted by Crippen LogP contribution is 2.34. The van der Waals surface area contributed by atoms with Crippen LogP contribution in [0, 0.1) is 0 Å². The smallest absolute Gasteiger partial charge is 0.259 e. The number of sulfonamides is 1. The second kappa shape index (κ2) is 8.30. The molecule has 0 amide bonds. The van der Waals surface area contributed by atoms with E-state index in [1.807, 2.05) is 0 Å². The van der Waals surface area contributed by atoms with E-state index in [0.717, 1.165) is 0 Å². The highest BCUT2D eigenvalue weighted by molar-refractivity contribution is 7.92. The Hall–Kier alpha value is -2.78. The summed E-state index contributed by atoms with van der Waals surface area (Å²) < 4.78 is 33.2. The van der Waals surface area contributed by atoms with Gasteiger partial charge >= 0.3 is 0 Å². The van der Waals surface area contributed by atoms with Crippen LogP contribution in [0.25, 0.3) is 11.0 Å². The zero-order chi connectivity index (χ0) is 21.1. The molecule has 0 saturated carbocycles. The van der Waals surface area contributed by atoms with Crippen LogP contribution in [0.5, 0.6) is 5.88 Å². The zero-order valence-corrected chi connectivity index (χ0v) is 17.3. The number of fused-ring (bicyclic) bond motifs is 1. The average molecular weight is 417 g/mol. The monoisotopic (exact) mass is 416 g/mol. The van der Waals surface area contributed by atoms with E-state index in [1.54, 1.807) is 69.6 Å². The number of rotatable bonds is 8. The number of hydrogen-bond donors (Lipinski definition) is 2. The highest BCUT2D eigenvalue weighted by Gasteiger charge is 2.32. The molecule has 0 saturated heterocycles. The Balaban J connectivity index is 2.09. The van der Waals surface area contributed by atoms with Gasteiger partial charge in [0.15, 0.2) is 6.10 Å². The molecule has 0 fully saturated rings. The fourth-order valence-electron chi connectivity index (χ4n) is 2.86. The Labute approximate surface area is 170 Å². The predicted molar refractivity (Wildman–Crippen MR) is 111 cm³/mol. The molecule has 1 atom stereocenters. The lowest BCUT2D eigenvalue weighted by atomic mass is 9.96. The molecule has 2 N–H and O–H groups in total. The summed E-state index contributed by atoms with van der Waals surface area (Å²) in [4.78, 5) is 12.9. The Morgan fingerprint density at radius 3 is 2.41 bits per heavy atom. The SMILES string of the molecule is CCCS(=O)(=O)Nc1nc2ccccc2nc1OC(c1cccnc1)C(C)(C)O. The molecule has 0 bridgehead atoms. The van der Waals surface area contributed by atoms with E-state index in [4.69, 9.17) is 4.74 Å². The van der Waals surface area contributed by atoms with Gasteiger partial charge in [0.25, 0.3) is 5.88 Å². The molecule has 3 rings (SSSR count). The van der Waals surface area contributed by atoms with E-state index in [0.29, 0.717) is 23.0 Å². The van der Waals surface area contributed by atoms with Crippen molar-refractivity contribution in [1.29, 1.82) is 0 Å². The number of nitrogens with zero attached hydrogens (tertiary/aromatic N) is 3. The Morgan fingerprint density at radius 2 is 1.83 bits per heavy atom. The molecule has 29 heavy (non-hydrogen) atoms. The van der Waals surface area contributed by atoms with Crippen LogP contribution in [0.15, 0.2) is 48.8 Å². The molecule has 0 aliphatic rings. The second-order valence-corrected chi connectivity index (χ2v) is 9.07. The van der Waals surface area contributed by atoms with Crippen LogP contribution in [0.1, 0.15) is 38.9 Å². The predicted octanol–water partition coefficient (Wildman–Crippen LogP) is 3.07. The molecule has 8 nitrogen and oxygen atoms in total. The zero-order valence-electron chi connectivity index (χ0n) is 16.5. The lowest BCUT2D eigenvalue weighted by Gasteiger charge is -2.30. The second-order valence-electron chi connectivity index (χ2n) is 7.22. The first-order valence-electron chi connectivity index (χ1n) is 9.26. The molecule has 0 aliphatic carbocycles. The first-order chi connectivity index (χ1) is 13.7. The molecular weight excluding hydrogens is 392 g/mol. The van der Waals surface area contributed by atoms with Crippen molar-refractivity contribution >= 4 is 26.9 Å². The molecule has 0 radical (unpaired) electrons. The van der Waals surface area contributed by atoms with Gasteiger partial charge in [-0.15, -0.1) is 0 Å². The quantitative estimate of drug-likeness (QED) is 0.580. The molecule has 0 aliphatic heterocycles. The number of aliphatic hydroxyl groups is 1. The lowest BCUT2D eigenvalue weighted by molar-refractivity contribution is -0.0371. The van der Waals surface area contributed by atoms with Gasteiger partial charge in [0.2, 0.25) is 15.8 Å². The Morgan fingerprint density at radius 1 is 1.14 bits per heavy atom. The maximum Gasteiger partial charge on any atom is 0.259 e. The van der Waals surface area contributed by atoms with Gasteiger partial charge in [0.1, 0.15) is 5.60 Å². The number of ether oxygens (including phenoxy) is 1. The summed E-state index contributed by atoms with van der Waals surface area (Å²) in [6, 6.07) is 10.6. The van der Waals surface area contributed by atoms with E-state index < -0.39 is 21.7 Å². The molecule has 2 heterocycles. The van der Waals surface area contributed by atoms with Crippen LogP contribution in [0.2, 0.25) is 0 Å². The standard InChI is InChI=1S/C20H24N4O4S/c1-4-12-29(26,27)24-18-19(23-16-10-6-5-9-15(16)22-18)28-17(20(2,3)25)14-8-7-11-21-13-14/h5-11,13,17,25H,4,12H2,1-3H3,(H,22,24). The summed E-state index contributed by atoms with van der Waals surface area (Å²) in [5.74, 6) is -0.0898. The van der Waals surface area contributed by atoms with E-state index in [2.05, 4.69) is 19.7 Å². The van der Waals surface area contributed by atoms with Crippen molar-refractivity contribution in [3.63, 3.8) is 0 Å². The molecule has 3 aromatic rings. The summed E-state index contributed by atoms with van der Waals surface area (Å²) in [6.07, 6.45) is 2.80. The molecule has 0 spiro atoms. The summed E-state index contributed by atoms with van der Waals surface area (Å²) in [5.41, 5.74) is 0.393. The largest absolute Gasteiger partial charge is 0.464 e. The Bertz CT molecular complexity index is 1080. The van der Waals surface area contributed by atoms with Gasteiger partial charge in [-0.05, 0) is 38.5 Å². The lowest BCUT2D eigenvalue weighted by Crippen LogP contribution is -2.33. The van der Waals surface area contributed by atoms with Crippen molar-refractivity contribution in [2.45, 2.75) is 38.9 Å². The third-order valence-corrected chi connectivity index (χ3v) is 5.57. The maximum absolute atomic E-state index is 12.3. The average Bonchev–Trinajstić information content (AvgIpc) is 2.65. The van der Waals surface area contributed by atoms with Crippen molar-refractivity contribution in [2.24, 2.45) is 0 Å². The van der Waals surface area contributed by atoms with E-state index in [9.17, 15) is 13.5 Å². The molecule has 1 aromatic carbocycles. The van der Waals surface area contributed by atoms with Crippen LogP contribution < -0.4 is 9.46 Å². The summed E-state index contributed by atoms with van der Waals surface area (Å²) in [5, 5.41) is 10.7. The first kappa shape index (κ1) is 20.9. The summed E-state index contributed by atoms with van der Waals surface area (Å²) in [7, 11) is -3.62. The molecule has 9 heteroatoms. The van der Waals surface area contributed by atoms with Crippen LogP contribution >= 0.6 is 0 Å². The fourth-order valence-corrected chi connectivity index (χ4v) is 3.93. The number of pyridine rings is 1. The highest BCUT2D eigenvalue weighted by atomic mass is 32.2. The van der Waals surface area contributed by atoms with Gasteiger partial charge in [-0.2, -0.15) is 0 Å². The van der Waals surface area contributed by atoms with Crippen molar-refractivity contribution in [3.05, 3.63) is 54.4 Å². The van der Waals surface area contributed by atoms with Crippen molar-refractivity contribution < 1.29 is 18.3 Å². The van der Waals surface area contributed by atoms with Crippen LogP contribution in [0.4, 0.5) is 5.82 Å². The number of benzene rings is 1. The van der Waals surface area contributed by atoms with E-state index >= 15 is 0 Å². The van der Waals surface area contributed by atoms with Gasteiger partial charge < -0.3 is 9.84 Å². The fraction of sp³-hybridized carbons (Fsp3) is 0.350. The minimum atomic E-state index is -3.62. The third kappa shape index (κ3) is 5.18. The minimum Gasteiger partial charge on any atom is -0.464 e. The third-order valence-electron chi connectivity index (χ3n) is 4.12. The number of hydrogen-bond acceptors (Lipinski definition) is 7. The molecule has 154 valence electrons. The summed E-state index contributed by atoms with van der Waals surface area (Å²) >= 11 is 0. The molecule has 2 aromatic heterocycles. The molecular formula is C20H24N4O4S. The normalized spacial score (nSPS) is 13.2. The van der Waals surface area contributed by atoms with Crippen molar-refractivity contribution in [2.75, 3.05) is 10.5 Å². The maximum atomic E-state index is 12.3. The number of aromatic nitrogens is 3. The van der Waals surface area contributed by atoms with E-state index in [1.165, 1.54) is 0 Å². The Kier molecular flexibility index (Phi) is 5.99. The topological polar surface area (TPSA) is 114 Å². The van der Waals surface area contributed by atoms with Gasteiger partial charge in [-0.1, -0.05) is 25.1 Å². The molecule has 1 unspecified atom stereocenters. The van der Waals surface area contributed by atoms with Gasteiger partial charge in [0, 0.05) is 18.0 Å². The van der Waals surface area contributed by atoms with Crippen molar-refractivity contribution in [3.8, 4) is 5.88 Å². The van der Waals surface area contributed by atoms with Crippen molar-refractivity contribution in [1.82, 2.24) is 15.0 Å². The van der Waals surface area contributed by atoms with Gasteiger partial charge in [-0.25, -0.2) is 18.4 Å². The van der Waals surface area contributed by atoms with Gasteiger partial charge in [-0.3, -0.25) is 9.71 Å². The number of nitrogens with one attached hydrogen (secondary N) is 1. The minimum absolute atomic E-state index is 0.0145. The first-order valence-corrected chi connectivity index (χ1v) is 10.9. The van der Waals surface area contributed by atoms with Crippen LogP contribution in [-0.2, 0) is 10.0 Å². The number of para-hydroxylation sites is 2. The van der Waals surface area contributed by atoms with Crippen LogP contribution in [-0.4, -0.2) is 39.8 Å². The van der Waals surface area contributed by atoms with E-state index in [-0.39, 0.29) is 17.5 Å². The number of anilines is 1. The van der Waals surface area contributed by atoms with Gasteiger partial charge in [0.05, 0.1) is 16.8 Å². The summed E-state index contributed by atoms with van der Waals surface area (Å²) in [6.45, 7) is 4.97.